The molecule has 1 rings (SSSR count). The topological polar surface area (TPSA) is 26.3 Å². The molecule has 0 aliphatic rings. The maximum absolute atomic E-state index is 11.1. The fourth-order valence-electron chi connectivity index (χ4n) is 1.53. The number of halogens is 1. The maximum Gasteiger partial charge on any atom is 0.305 e. The van der Waals surface area contributed by atoms with Crippen LogP contribution in [0.1, 0.15) is 32.6 Å². The Kier molecular flexibility index (Phi) is 8.18. The fraction of sp³-hybridized carbons (Fsp3) is 0.500. The van der Waals surface area contributed by atoms with Crippen molar-refractivity contribution >= 4 is 33.7 Å². The molecule has 0 amide bonds. The summed E-state index contributed by atoms with van der Waals surface area (Å²) >= 11 is 5.39. The molecule has 0 spiro atoms. The molecule has 1 aromatic carbocycles. The van der Waals surface area contributed by atoms with Crippen LogP contribution in [0.5, 0.6) is 0 Å². The zero-order chi connectivity index (χ0) is 13.2. The number of hydrogen-bond acceptors (Lipinski definition) is 3. The van der Waals surface area contributed by atoms with E-state index >= 15 is 0 Å². The lowest BCUT2D eigenvalue weighted by Gasteiger charge is -2.04. The average Bonchev–Trinajstić information content (AvgIpc) is 2.36. The van der Waals surface area contributed by atoms with Gasteiger partial charge in [0.1, 0.15) is 0 Å². The zero-order valence-corrected chi connectivity index (χ0v) is 13.1. The van der Waals surface area contributed by atoms with E-state index in [1.165, 1.54) is 4.90 Å². The molecule has 4 heteroatoms. The van der Waals surface area contributed by atoms with E-state index in [-0.39, 0.29) is 5.97 Å². The molecule has 0 aromatic heterocycles. The summed E-state index contributed by atoms with van der Waals surface area (Å²) in [5.41, 5.74) is 0. The Bertz CT molecular complexity index is 369. The predicted octanol–water partition coefficient (Wildman–Crippen LogP) is 4.66. The standard InChI is InChI=1S/C14H19BrO2S/c1-2-17-14(16)10-4-3-7-11-18-13-9-6-5-8-12(13)15/h5-6,8-9H,2-4,7,10-11H2,1H3. The predicted molar refractivity (Wildman–Crippen MR) is 80.0 cm³/mol. The number of ether oxygens (including phenoxy) is 1. The molecule has 100 valence electrons. The van der Waals surface area contributed by atoms with E-state index in [1.807, 2.05) is 30.8 Å². The van der Waals surface area contributed by atoms with Gasteiger partial charge in [-0.05, 0) is 53.6 Å². The van der Waals surface area contributed by atoms with Crippen molar-refractivity contribution in [3.05, 3.63) is 28.7 Å². The van der Waals surface area contributed by atoms with E-state index in [0.717, 1.165) is 29.5 Å². The molecular weight excluding hydrogens is 312 g/mol. The highest BCUT2D eigenvalue weighted by Gasteiger charge is 2.02. The van der Waals surface area contributed by atoms with E-state index in [9.17, 15) is 4.79 Å². The molecule has 0 radical (unpaired) electrons. The lowest BCUT2D eigenvalue weighted by atomic mass is 10.2. The van der Waals surface area contributed by atoms with Crippen LogP contribution < -0.4 is 0 Å². The van der Waals surface area contributed by atoms with Crippen LogP contribution in [0.2, 0.25) is 0 Å². The molecule has 1 aromatic rings. The Morgan fingerprint density at radius 1 is 1.28 bits per heavy atom. The summed E-state index contributed by atoms with van der Waals surface area (Å²) in [5, 5.41) is 0. The quantitative estimate of drug-likeness (QED) is 0.393. The van der Waals surface area contributed by atoms with Gasteiger partial charge < -0.3 is 4.74 Å². The maximum atomic E-state index is 11.1. The number of esters is 1. The van der Waals surface area contributed by atoms with Crippen LogP contribution in [0.4, 0.5) is 0 Å². The number of carbonyl (C=O) groups is 1. The number of unbranched alkanes of at least 4 members (excludes halogenated alkanes) is 2. The lowest BCUT2D eigenvalue weighted by molar-refractivity contribution is -0.143. The summed E-state index contributed by atoms with van der Waals surface area (Å²) in [7, 11) is 0. The van der Waals surface area contributed by atoms with Crippen molar-refractivity contribution in [2.75, 3.05) is 12.4 Å². The van der Waals surface area contributed by atoms with Crippen LogP contribution in [0.3, 0.4) is 0 Å². The molecule has 0 aliphatic carbocycles. The van der Waals surface area contributed by atoms with Crippen LogP contribution in [0, 0.1) is 0 Å². The summed E-state index contributed by atoms with van der Waals surface area (Å²) in [4.78, 5) is 12.4. The van der Waals surface area contributed by atoms with Gasteiger partial charge >= 0.3 is 5.97 Å². The summed E-state index contributed by atoms with van der Waals surface area (Å²) in [6.07, 6.45) is 3.69. The van der Waals surface area contributed by atoms with Crippen molar-refractivity contribution in [1.29, 1.82) is 0 Å². The largest absolute Gasteiger partial charge is 0.466 e. The van der Waals surface area contributed by atoms with Crippen molar-refractivity contribution in [1.82, 2.24) is 0 Å². The van der Waals surface area contributed by atoms with Crippen molar-refractivity contribution < 1.29 is 9.53 Å². The van der Waals surface area contributed by atoms with Crippen LogP contribution in [0.15, 0.2) is 33.6 Å². The third-order valence-electron chi connectivity index (χ3n) is 2.42. The first kappa shape index (κ1) is 15.6. The minimum absolute atomic E-state index is 0.0732. The van der Waals surface area contributed by atoms with Gasteiger partial charge in [-0.1, -0.05) is 18.6 Å². The average molecular weight is 331 g/mol. The van der Waals surface area contributed by atoms with Gasteiger partial charge in [-0.15, -0.1) is 11.8 Å². The Morgan fingerprint density at radius 2 is 2.06 bits per heavy atom. The molecule has 2 nitrogen and oxygen atoms in total. The van der Waals surface area contributed by atoms with Gasteiger partial charge in [-0.2, -0.15) is 0 Å². The van der Waals surface area contributed by atoms with Crippen LogP contribution >= 0.6 is 27.7 Å². The Morgan fingerprint density at radius 3 is 2.78 bits per heavy atom. The molecule has 0 fully saturated rings. The molecule has 0 N–H and O–H groups in total. The van der Waals surface area contributed by atoms with Crippen molar-refractivity contribution in [2.24, 2.45) is 0 Å². The van der Waals surface area contributed by atoms with E-state index in [1.54, 1.807) is 0 Å². The minimum Gasteiger partial charge on any atom is -0.466 e. The molecule has 18 heavy (non-hydrogen) atoms. The summed E-state index contributed by atoms with van der Waals surface area (Å²) in [6.45, 7) is 2.32. The smallest absolute Gasteiger partial charge is 0.305 e. The first-order chi connectivity index (χ1) is 8.74. The van der Waals surface area contributed by atoms with Crippen molar-refractivity contribution in [3.8, 4) is 0 Å². The highest BCUT2D eigenvalue weighted by Crippen LogP contribution is 2.27. The third kappa shape index (κ3) is 6.45. The molecule has 0 heterocycles. The number of carbonyl (C=O) groups excluding carboxylic acids is 1. The first-order valence-electron chi connectivity index (χ1n) is 6.27. The van der Waals surface area contributed by atoms with Crippen molar-refractivity contribution in [2.45, 2.75) is 37.5 Å². The van der Waals surface area contributed by atoms with Crippen LogP contribution in [-0.2, 0) is 9.53 Å². The molecule has 0 aliphatic heterocycles. The molecule has 0 bridgehead atoms. The van der Waals surface area contributed by atoms with E-state index < -0.39 is 0 Å². The molecule has 0 saturated heterocycles. The molecule has 0 atom stereocenters. The molecule has 0 saturated carbocycles. The van der Waals surface area contributed by atoms with Crippen molar-refractivity contribution in [3.63, 3.8) is 0 Å². The summed E-state index contributed by atoms with van der Waals surface area (Å²) < 4.78 is 6.04. The van der Waals surface area contributed by atoms with Gasteiger partial charge in [-0.25, -0.2) is 0 Å². The fourth-order valence-corrected chi connectivity index (χ4v) is 3.10. The summed E-state index contributed by atoms with van der Waals surface area (Å²) in [5.74, 6) is 1.02. The molecule has 0 unspecified atom stereocenters. The van der Waals surface area contributed by atoms with Gasteiger partial charge in [0.25, 0.3) is 0 Å². The second-order valence-corrected chi connectivity index (χ2v) is 5.89. The third-order valence-corrected chi connectivity index (χ3v) is 4.54. The number of hydrogen-bond donors (Lipinski definition) is 0. The van der Waals surface area contributed by atoms with Gasteiger partial charge in [0.2, 0.25) is 0 Å². The highest BCUT2D eigenvalue weighted by atomic mass is 79.9. The summed E-state index contributed by atoms with van der Waals surface area (Å²) in [6, 6.07) is 8.25. The minimum atomic E-state index is -0.0732. The Balaban J connectivity index is 2.06. The SMILES string of the molecule is CCOC(=O)CCCCCSc1ccccc1Br. The lowest BCUT2D eigenvalue weighted by Crippen LogP contribution is -2.03. The van der Waals surface area contributed by atoms with Gasteiger partial charge in [0.05, 0.1) is 6.61 Å². The first-order valence-corrected chi connectivity index (χ1v) is 8.05. The molecular formula is C14H19BrO2S. The number of rotatable bonds is 8. The second-order valence-electron chi connectivity index (χ2n) is 3.89. The van der Waals surface area contributed by atoms with Crippen LogP contribution in [-0.4, -0.2) is 18.3 Å². The second kappa shape index (κ2) is 9.45. The Hall–Kier alpha value is -0.480. The van der Waals surface area contributed by atoms with Gasteiger partial charge in [-0.3, -0.25) is 4.79 Å². The van der Waals surface area contributed by atoms with E-state index in [0.29, 0.717) is 13.0 Å². The van der Waals surface area contributed by atoms with E-state index in [4.69, 9.17) is 4.74 Å². The highest BCUT2D eigenvalue weighted by molar-refractivity contribution is 9.10. The van der Waals surface area contributed by atoms with Gasteiger partial charge in [0.15, 0.2) is 0 Å². The van der Waals surface area contributed by atoms with E-state index in [2.05, 4.69) is 28.1 Å². The zero-order valence-electron chi connectivity index (χ0n) is 10.7. The normalized spacial score (nSPS) is 10.3. The Labute approximate surface area is 122 Å². The number of thioether (sulfide) groups is 1. The van der Waals surface area contributed by atoms with Gasteiger partial charge in [0, 0.05) is 15.8 Å². The number of benzene rings is 1. The van der Waals surface area contributed by atoms with Crippen LogP contribution in [0.25, 0.3) is 0 Å². The monoisotopic (exact) mass is 330 g/mol.